The van der Waals surface area contributed by atoms with Crippen molar-refractivity contribution < 1.29 is 28.8 Å². The number of carbonyl (C=O) groups is 6. The molecule has 3 unspecified atom stereocenters. The van der Waals surface area contributed by atoms with Gasteiger partial charge in [-0.2, -0.15) is 0 Å². The Kier molecular flexibility index (Phi) is 36.9. The molecule has 0 aliphatic carbocycles. The van der Waals surface area contributed by atoms with Crippen LogP contribution in [0.4, 0.5) is 0 Å². The summed E-state index contributed by atoms with van der Waals surface area (Å²) in [4.78, 5) is 75.0. The molecule has 0 aromatic rings. The normalized spacial score (nSPS) is 12.6. The molecule has 3 atom stereocenters. The SMILES string of the molecule is CCCCCCCCC(=O)NC(CCCCN)C(=O)NCCCCCCCC(=O)NC(CCCCN)C(=O)NCCCCCCCC(=O)NC(CCCCN)C(N)=O. The Hall–Kier alpha value is -3.30. The van der Waals surface area contributed by atoms with Crippen molar-refractivity contribution in [1.82, 2.24) is 26.6 Å². The van der Waals surface area contributed by atoms with E-state index >= 15 is 0 Å². The molecule has 0 rings (SSSR count). The molecule has 0 saturated heterocycles. The number of hydrogen-bond acceptors (Lipinski definition) is 9. The van der Waals surface area contributed by atoms with Crippen LogP contribution in [0.3, 0.4) is 0 Å². The Morgan fingerprint density at radius 3 is 1.05 bits per heavy atom. The lowest BCUT2D eigenvalue weighted by Crippen LogP contribution is -2.47. The average Bonchev–Trinajstić information content (AvgIpc) is 3.19. The van der Waals surface area contributed by atoms with E-state index in [0.717, 1.165) is 109 Å². The molecule has 0 saturated carbocycles. The molecule has 0 spiro atoms. The smallest absolute Gasteiger partial charge is 0.242 e. The largest absolute Gasteiger partial charge is 0.368 e. The number of primary amides is 1. The van der Waals surface area contributed by atoms with E-state index in [1.165, 1.54) is 19.3 Å². The van der Waals surface area contributed by atoms with E-state index in [2.05, 4.69) is 33.5 Å². The first kappa shape index (κ1) is 54.7. The second-order valence-corrected chi connectivity index (χ2v) is 15.8. The monoisotopic (exact) mass is 824 g/mol. The number of nitrogens with one attached hydrogen (secondary N) is 5. The zero-order chi connectivity index (χ0) is 43.1. The van der Waals surface area contributed by atoms with Gasteiger partial charge < -0.3 is 49.5 Å². The maximum Gasteiger partial charge on any atom is 0.242 e. The first-order valence-electron chi connectivity index (χ1n) is 22.9. The van der Waals surface area contributed by atoms with Gasteiger partial charge in [0.2, 0.25) is 35.4 Å². The predicted molar refractivity (Wildman–Crippen MR) is 233 cm³/mol. The Bertz CT molecular complexity index is 1100. The summed E-state index contributed by atoms with van der Waals surface area (Å²) in [6.07, 6.45) is 22.4. The van der Waals surface area contributed by atoms with Gasteiger partial charge in [0.25, 0.3) is 0 Å². The third-order valence-electron chi connectivity index (χ3n) is 10.3. The second kappa shape index (κ2) is 39.2. The van der Waals surface area contributed by atoms with Crippen LogP contribution in [0.5, 0.6) is 0 Å². The lowest BCUT2D eigenvalue weighted by atomic mass is 10.1. The number of carbonyl (C=O) groups excluding carboxylic acids is 6. The van der Waals surface area contributed by atoms with Gasteiger partial charge in [-0.25, -0.2) is 0 Å². The molecule has 338 valence electrons. The van der Waals surface area contributed by atoms with Crippen LogP contribution in [0.1, 0.15) is 187 Å². The van der Waals surface area contributed by atoms with Crippen LogP contribution in [0.25, 0.3) is 0 Å². The lowest BCUT2D eigenvalue weighted by Gasteiger charge is -2.19. The molecule has 0 aromatic carbocycles. The van der Waals surface area contributed by atoms with Gasteiger partial charge in [-0.3, -0.25) is 28.8 Å². The number of amides is 6. The molecule has 0 fully saturated rings. The Labute approximate surface area is 350 Å². The van der Waals surface area contributed by atoms with Gasteiger partial charge in [0.05, 0.1) is 0 Å². The van der Waals surface area contributed by atoms with Gasteiger partial charge in [0.15, 0.2) is 0 Å². The molecule has 0 heterocycles. The Morgan fingerprint density at radius 2 is 0.707 bits per heavy atom. The first-order chi connectivity index (χ1) is 28.1. The van der Waals surface area contributed by atoms with Crippen molar-refractivity contribution in [2.24, 2.45) is 22.9 Å². The van der Waals surface area contributed by atoms with E-state index in [1.54, 1.807) is 0 Å². The van der Waals surface area contributed by atoms with Gasteiger partial charge in [-0.15, -0.1) is 0 Å². The number of hydrogen-bond donors (Lipinski definition) is 9. The molecule has 15 nitrogen and oxygen atoms in total. The van der Waals surface area contributed by atoms with Crippen LogP contribution in [0, 0.1) is 0 Å². The topological polar surface area (TPSA) is 267 Å². The predicted octanol–water partition coefficient (Wildman–Crippen LogP) is 3.98. The van der Waals surface area contributed by atoms with Gasteiger partial charge in [-0.05, 0) is 110 Å². The number of rotatable bonds is 41. The molecule has 0 aliphatic heterocycles. The summed E-state index contributed by atoms with van der Waals surface area (Å²) in [5.74, 6) is -1.23. The lowest BCUT2D eigenvalue weighted by molar-refractivity contribution is -0.129. The second-order valence-electron chi connectivity index (χ2n) is 15.8. The molecule has 0 aromatic heterocycles. The van der Waals surface area contributed by atoms with Gasteiger partial charge in [-0.1, -0.05) is 77.6 Å². The highest BCUT2D eigenvalue weighted by molar-refractivity contribution is 5.88. The van der Waals surface area contributed by atoms with Crippen LogP contribution in [-0.2, 0) is 28.8 Å². The molecular formula is C43H85N9O6. The maximum absolute atomic E-state index is 13.0. The first-order valence-corrected chi connectivity index (χ1v) is 22.9. The maximum atomic E-state index is 13.0. The summed E-state index contributed by atoms with van der Waals surface area (Å²) in [7, 11) is 0. The summed E-state index contributed by atoms with van der Waals surface area (Å²) in [5, 5.41) is 14.6. The molecule has 0 bridgehead atoms. The van der Waals surface area contributed by atoms with Crippen LogP contribution >= 0.6 is 0 Å². The van der Waals surface area contributed by atoms with Gasteiger partial charge >= 0.3 is 0 Å². The molecule has 58 heavy (non-hydrogen) atoms. The zero-order valence-electron chi connectivity index (χ0n) is 36.3. The molecule has 6 amide bonds. The average molecular weight is 824 g/mol. The Morgan fingerprint density at radius 1 is 0.397 bits per heavy atom. The van der Waals surface area contributed by atoms with Crippen molar-refractivity contribution >= 4 is 35.4 Å². The van der Waals surface area contributed by atoms with E-state index < -0.39 is 24.0 Å². The van der Waals surface area contributed by atoms with Crippen LogP contribution < -0.4 is 49.5 Å². The fourth-order valence-electron chi connectivity index (χ4n) is 6.72. The number of nitrogens with two attached hydrogens (primary N) is 4. The fraction of sp³-hybridized carbons (Fsp3) is 0.860. The minimum Gasteiger partial charge on any atom is -0.368 e. The van der Waals surface area contributed by atoms with Crippen molar-refractivity contribution in [3.8, 4) is 0 Å². The van der Waals surface area contributed by atoms with E-state index in [9.17, 15) is 28.8 Å². The van der Waals surface area contributed by atoms with Gasteiger partial charge in [0.1, 0.15) is 18.1 Å². The molecular weight excluding hydrogens is 739 g/mol. The molecule has 0 aliphatic rings. The highest BCUT2D eigenvalue weighted by Gasteiger charge is 2.21. The standard InChI is InChI=1S/C43H85N9O6/c1-2-3-4-5-8-13-28-39(54)51-36(25-17-20-31-45)42(57)49-34-23-12-7-10-15-29-40(55)52-37(26-18-21-32-46)43(58)48-33-22-11-6-9-14-27-38(53)50-35(41(47)56)24-16-19-30-44/h35-37H,2-34,44-46H2,1H3,(H2,47,56)(H,48,58)(H,49,57)(H,50,53)(H,51,54)(H,52,55). The van der Waals surface area contributed by atoms with E-state index in [1.807, 2.05) is 0 Å². The summed E-state index contributed by atoms with van der Waals surface area (Å²) < 4.78 is 0. The highest BCUT2D eigenvalue weighted by atomic mass is 16.2. The highest BCUT2D eigenvalue weighted by Crippen LogP contribution is 2.11. The quantitative estimate of drug-likeness (QED) is 0.0403. The van der Waals surface area contributed by atoms with Crippen LogP contribution in [0.2, 0.25) is 0 Å². The molecule has 0 radical (unpaired) electrons. The van der Waals surface area contributed by atoms with Crippen molar-refractivity contribution in [2.75, 3.05) is 32.7 Å². The van der Waals surface area contributed by atoms with Gasteiger partial charge in [0, 0.05) is 32.4 Å². The van der Waals surface area contributed by atoms with Crippen molar-refractivity contribution in [3.05, 3.63) is 0 Å². The molecule has 15 heteroatoms. The van der Waals surface area contributed by atoms with Crippen LogP contribution in [0.15, 0.2) is 0 Å². The van der Waals surface area contributed by atoms with Crippen LogP contribution in [-0.4, -0.2) is 86.3 Å². The summed E-state index contributed by atoms with van der Waals surface area (Å²) in [6.45, 7) is 4.85. The van der Waals surface area contributed by atoms with E-state index in [0.29, 0.717) is 84.1 Å². The molecule has 13 N–H and O–H groups in total. The fourth-order valence-corrected chi connectivity index (χ4v) is 6.72. The number of unbranched alkanes of at least 4 members (excludes halogenated alkanes) is 16. The zero-order valence-corrected chi connectivity index (χ0v) is 36.3. The van der Waals surface area contributed by atoms with Crippen molar-refractivity contribution in [1.29, 1.82) is 0 Å². The summed E-state index contributed by atoms with van der Waals surface area (Å²) in [6, 6.07) is -1.79. The Balaban J connectivity index is 4.35. The van der Waals surface area contributed by atoms with E-state index in [4.69, 9.17) is 22.9 Å². The third-order valence-corrected chi connectivity index (χ3v) is 10.3. The summed E-state index contributed by atoms with van der Waals surface area (Å²) >= 11 is 0. The minimum atomic E-state index is -0.658. The van der Waals surface area contributed by atoms with Crippen molar-refractivity contribution in [3.63, 3.8) is 0 Å². The third kappa shape index (κ3) is 32.6. The minimum absolute atomic E-state index is 0.0668. The van der Waals surface area contributed by atoms with E-state index in [-0.39, 0.29) is 29.5 Å². The van der Waals surface area contributed by atoms with Crippen molar-refractivity contribution in [2.45, 2.75) is 205 Å². The summed E-state index contributed by atoms with van der Waals surface area (Å²) in [5.41, 5.74) is 22.2.